The molecule has 0 bridgehead atoms. The van der Waals surface area contributed by atoms with Gasteiger partial charge in [-0.15, -0.1) is 0 Å². The van der Waals surface area contributed by atoms with Crippen molar-refractivity contribution in [1.29, 1.82) is 0 Å². The van der Waals surface area contributed by atoms with Crippen LogP contribution in [0.15, 0.2) is 23.1 Å². The van der Waals surface area contributed by atoms with E-state index in [0.717, 1.165) is 12.2 Å². The number of hydrogen-bond acceptors (Lipinski definition) is 4. The fourth-order valence-corrected chi connectivity index (χ4v) is 4.02. The Hall–Kier alpha value is -2.41. The molecular formula is C19H22F2N4O. The predicted octanol–water partition coefficient (Wildman–Crippen LogP) is 2.57. The van der Waals surface area contributed by atoms with Crippen molar-refractivity contribution in [3.8, 4) is 0 Å². The van der Waals surface area contributed by atoms with Crippen LogP contribution >= 0.6 is 0 Å². The number of hydrogen-bond donors (Lipinski definition) is 1. The summed E-state index contributed by atoms with van der Waals surface area (Å²) in [6.45, 7) is 8.93. The Labute approximate surface area is 150 Å². The Morgan fingerprint density at radius 3 is 2.65 bits per heavy atom. The maximum Gasteiger partial charge on any atom is 0.276 e. The van der Waals surface area contributed by atoms with Gasteiger partial charge >= 0.3 is 0 Å². The first-order valence-electron chi connectivity index (χ1n) is 8.66. The number of aryl methyl sites for hydroxylation is 1. The van der Waals surface area contributed by atoms with Crippen molar-refractivity contribution in [3.05, 3.63) is 45.9 Å². The minimum absolute atomic E-state index is 0.0635. The van der Waals surface area contributed by atoms with E-state index < -0.39 is 11.6 Å². The third-order valence-electron chi connectivity index (χ3n) is 5.79. The molecule has 0 amide bonds. The van der Waals surface area contributed by atoms with E-state index in [1.54, 1.807) is 0 Å². The standard InChI is InChI=1S/C19H22F2N4O/c1-9-7-25-14(8-23(9)4)11(3)22-16-18(25)12-6-13(20)10(2)15(21)17(12)24(5)19(16)26/h6,9,14,22H,3,7-8H2,1-2,4-5H3. The summed E-state index contributed by atoms with van der Waals surface area (Å²) in [4.78, 5) is 17.2. The number of halogens is 2. The van der Waals surface area contributed by atoms with Gasteiger partial charge in [-0.3, -0.25) is 9.69 Å². The summed E-state index contributed by atoms with van der Waals surface area (Å²) in [5, 5.41) is 3.52. The molecule has 5 nitrogen and oxygen atoms in total. The SMILES string of the molecule is C=C1Nc2c(c3cc(F)c(C)c(F)c3n(C)c2=O)N2CC(C)N(C)CC12. The van der Waals surface area contributed by atoms with Crippen molar-refractivity contribution in [1.82, 2.24) is 9.47 Å². The highest BCUT2D eigenvalue weighted by atomic mass is 19.1. The van der Waals surface area contributed by atoms with Crippen molar-refractivity contribution in [2.45, 2.75) is 25.9 Å². The molecule has 1 saturated heterocycles. The average Bonchev–Trinajstić information content (AvgIpc) is 2.59. The van der Waals surface area contributed by atoms with Gasteiger partial charge in [-0.1, -0.05) is 6.58 Å². The predicted molar refractivity (Wildman–Crippen MR) is 99.8 cm³/mol. The van der Waals surface area contributed by atoms with Gasteiger partial charge in [0.15, 0.2) is 5.82 Å². The molecule has 2 aliphatic heterocycles. The van der Waals surface area contributed by atoms with Gasteiger partial charge in [-0.2, -0.15) is 0 Å². The maximum atomic E-state index is 14.8. The number of fused-ring (bicyclic) bond motifs is 5. The minimum Gasteiger partial charge on any atom is -0.358 e. The van der Waals surface area contributed by atoms with Crippen LogP contribution in [-0.4, -0.2) is 41.7 Å². The van der Waals surface area contributed by atoms with Gasteiger partial charge in [0, 0.05) is 42.8 Å². The van der Waals surface area contributed by atoms with Crippen LogP contribution in [0.25, 0.3) is 10.9 Å². The van der Waals surface area contributed by atoms with E-state index in [9.17, 15) is 13.6 Å². The lowest BCUT2D eigenvalue weighted by molar-refractivity contribution is 0.210. The van der Waals surface area contributed by atoms with Gasteiger partial charge in [0.1, 0.15) is 11.5 Å². The van der Waals surface area contributed by atoms with Crippen molar-refractivity contribution >= 4 is 22.3 Å². The number of likely N-dealkylation sites (N-methyl/N-ethyl adjacent to an activating group) is 1. The minimum atomic E-state index is -0.689. The van der Waals surface area contributed by atoms with E-state index in [2.05, 4.69) is 28.6 Å². The molecule has 1 aromatic heterocycles. The Morgan fingerprint density at radius 2 is 1.96 bits per heavy atom. The van der Waals surface area contributed by atoms with Crippen LogP contribution in [0.3, 0.4) is 0 Å². The summed E-state index contributed by atoms with van der Waals surface area (Å²) >= 11 is 0. The number of aromatic nitrogens is 1. The number of nitrogens with one attached hydrogen (secondary N) is 1. The quantitative estimate of drug-likeness (QED) is 0.784. The molecular weight excluding hydrogens is 338 g/mol. The summed E-state index contributed by atoms with van der Waals surface area (Å²) in [6, 6.07) is 1.51. The smallest absolute Gasteiger partial charge is 0.276 e. The maximum absolute atomic E-state index is 14.8. The molecule has 4 rings (SSSR count). The highest BCUT2D eigenvalue weighted by Crippen LogP contribution is 2.41. The van der Waals surface area contributed by atoms with E-state index in [1.807, 2.05) is 7.05 Å². The molecule has 0 saturated carbocycles. The summed E-state index contributed by atoms with van der Waals surface area (Å²) in [7, 11) is 3.55. The molecule has 2 unspecified atom stereocenters. The lowest BCUT2D eigenvalue weighted by atomic mass is 9.97. The molecule has 1 fully saturated rings. The average molecular weight is 360 g/mol. The third kappa shape index (κ3) is 2.13. The second kappa shape index (κ2) is 5.54. The van der Waals surface area contributed by atoms with Crippen LogP contribution in [0.2, 0.25) is 0 Å². The molecule has 2 aliphatic rings. The van der Waals surface area contributed by atoms with Gasteiger partial charge in [0.25, 0.3) is 5.56 Å². The lowest BCUT2D eigenvalue weighted by Gasteiger charge is -2.49. The number of rotatable bonds is 0. The molecule has 0 spiro atoms. The molecule has 0 radical (unpaired) electrons. The largest absolute Gasteiger partial charge is 0.358 e. The first-order valence-corrected chi connectivity index (χ1v) is 8.66. The molecule has 2 aromatic rings. The van der Waals surface area contributed by atoms with E-state index in [-0.39, 0.29) is 28.7 Å². The molecule has 7 heteroatoms. The van der Waals surface area contributed by atoms with Gasteiger partial charge in [0.05, 0.1) is 17.2 Å². The molecule has 1 N–H and O–H groups in total. The zero-order valence-electron chi connectivity index (χ0n) is 15.4. The van der Waals surface area contributed by atoms with Gasteiger partial charge in [-0.05, 0) is 27.0 Å². The number of benzene rings is 1. The lowest BCUT2D eigenvalue weighted by Crippen LogP contribution is -2.59. The summed E-state index contributed by atoms with van der Waals surface area (Å²) < 4.78 is 30.5. The molecule has 3 heterocycles. The second-order valence-corrected chi connectivity index (χ2v) is 7.39. The number of pyridine rings is 1. The summed E-state index contributed by atoms with van der Waals surface area (Å²) in [5.74, 6) is -1.30. The van der Waals surface area contributed by atoms with Gasteiger partial charge < -0.3 is 14.8 Å². The number of anilines is 2. The van der Waals surface area contributed by atoms with Crippen LogP contribution in [-0.2, 0) is 7.05 Å². The van der Waals surface area contributed by atoms with Crippen molar-refractivity contribution in [2.24, 2.45) is 7.05 Å². The number of nitrogens with zero attached hydrogens (tertiary/aromatic N) is 3. The Kier molecular flexibility index (Phi) is 3.63. The zero-order valence-corrected chi connectivity index (χ0v) is 15.4. The van der Waals surface area contributed by atoms with Crippen LogP contribution in [0.1, 0.15) is 12.5 Å². The molecule has 0 aliphatic carbocycles. The van der Waals surface area contributed by atoms with Crippen LogP contribution in [0, 0.1) is 18.6 Å². The second-order valence-electron chi connectivity index (χ2n) is 7.39. The Balaban J connectivity index is 2.10. The monoisotopic (exact) mass is 360 g/mol. The fraction of sp³-hybridized carbons (Fsp3) is 0.421. The summed E-state index contributed by atoms with van der Waals surface area (Å²) in [6.07, 6.45) is 0. The van der Waals surface area contributed by atoms with Crippen molar-refractivity contribution < 1.29 is 8.78 Å². The van der Waals surface area contributed by atoms with Gasteiger partial charge in [0.2, 0.25) is 0 Å². The molecule has 2 atom stereocenters. The first-order chi connectivity index (χ1) is 12.2. The van der Waals surface area contributed by atoms with E-state index >= 15 is 0 Å². The zero-order chi connectivity index (χ0) is 18.9. The third-order valence-corrected chi connectivity index (χ3v) is 5.79. The van der Waals surface area contributed by atoms with E-state index in [4.69, 9.17) is 0 Å². The topological polar surface area (TPSA) is 40.5 Å². The molecule has 138 valence electrons. The molecule has 1 aromatic carbocycles. The number of piperazine rings is 1. The Bertz CT molecular complexity index is 1010. The van der Waals surface area contributed by atoms with Crippen molar-refractivity contribution in [3.63, 3.8) is 0 Å². The molecule has 26 heavy (non-hydrogen) atoms. The summed E-state index contributed by atoms with van der Waals surface area (Å²) in [5.41, 5.74) is 1.33. The Morgan fingerprint density at radius 1 is 1.27 bits per heavy atom. The first kappa shape index (κ1) is 17.0. The van der Waals surface area contributed by atoms with Crippen LogP contribution in [0.4, 0.5) is 20.2 Å². The van der Waals surface area contributed by atoms with Crippen LogP contribution in [0.5, 0.6) is 0 Å². The van der Waals surface area contributed by atoms with Gasteiger partial charge in [-0.25, -0.2) is 8.78 Å². The van der Waals surface area contributed by atoms with Crippen LogP contribution < -0.4 is 15.8 Å². The highest BCUT2D eigenvalue weighted by molar-refractivity contribution is 6.01. The van der Waals surface area contributed by atoms with E-state index in [0.29, 0.717) is 23.3 Å². The normalized spacial score (nSPS) is 23.0. The van der Waals surface area contributed by atoms with E-state index in [1.165, 1.54) is 24.6 Å². The fourth-order valence-electron chi connectivity index (χ4n) is 4.02. The highest BCUT2D eigenvalue weighted by Gasteiger charge is 2.38. The van der Waals surface area contributed by atoms with Crippen molar-refractivity contribution in [2.75, 3.05) is 30.4 Å².